The van der Waals surface area contributed by atoms with Gasteiger partial charge in [0.15, 0.2) is 0 Å². The quantitative estimate of drug-likeness (QED) is 0.860. The Bertz CT molecular complexity index is 397. The van der Waals surface area contributed by atoms with Crippen molar-refractivity contribution in [1.82, 2.24) is 4.98 Å². The van der Waals surface area contributed by atoms with Crippen LogP contribution in [0.5, 0.6) is 0 Å². The summed E-state index contributed by atoms with van der Waals surface area (Å²) in [5, 5.41) is 3.23. The van der Waals surface area contributed by atoms with E-state index in [4.69, 9.17) is 5.73 Å². The van der Waals surface area contributed by atoms with Crippen molar-refractivity contribution in [2.75, 3.05) is 0 Å². The lowest BCUT2D eigenvalue weighted by molar-refractivity contribution is 0.610. The Morgan fingerprint density at radius 3 is 2.75 bits per heavy atom. The highest BCUT2D eigenvalue weighted by Crippen LogP contribution is 2.17. The Labute approximate surface area is 100 Å². The van der Waals surface area contributed by atoms with Crippen molar-refractivity contribution < 1.29 is 0 Å². The van der Waals surface area contributed by atoms with Crippen molar-refractivity contribution in [3.8, 4) is 0 Å². The monoisotopic (exact) mass is 232 g/mol. The number of hydrogen-bond donors (Lipinski definition) is 1. The van der Waals surface area contributed by atoms with E-state index in [0.29, 0.717) is 0 Å². The second-order valence-electron chi connectivity index (χ2n) is 3.84. The van der Waals surface area contributed by atoms with Gasteiger partial charge in [-0.05, 0) is 24.8 Å². The maximum Gasteiger partial charge on any atom is 0.0924 e. The normalized spacial score (nSPS) is 12.6. The number of aromatic nitrogens is 1. The van der Waals surface area contributed by atoms with Crippen LogP contribution in [0.1, 0.15) is 29.5 Å². The van der Waals surface area contributed by atoms with Gasteiger partial charge in [-0.1, -0.05) is 30.3 Å². The first-order valence-corrected chi connectivity index (χ1v) is 6.43. The predicted molar refractivity (Wildman–Crippen MR) is 68.4 cm³/mol. The fourth-order valence-electron chi connectivity index (χ4n) is 1.72. The Morgan fingerprint density at radius 2 is 2.06 bits per heavy atom. The van der Waals surface area contributed by atoms with E-state index in [0.717, 1.165) is 19.3 Å². The summed E-state index contributed by atoms with van der Waals surface area (Å²) >= 11 is 1.72. The average Bonchev–Trinajstić information content (AvgIpc) is 2.83. The lowest BCUT2D eigenvalue weighted by Gasteiger charge is -2.10. The number of benzene rings is 1. The van der Waals surface area contributed by atoms with Gasteiger partial charge in [0.05, 0.1) is 5.01 Å². The van der Waals surface area contributed by atoms with Crippen LogP contribution < -0.4 is 5.73 Å². The van der Waals surface area contributed by atoms with Gasteiger partial charge >= 0.3 is 0 Å². The van der Waals surface area contributed by atoms with Crippen LogP contribution in [-0.2, 0) is 6.42 Å². The highest BCUT2D eigenvalue weighted by molar-refractivity contribution is 7.09. The largest absolute Gasteiger partial charge is 0.324 e. The molecule has 1 unspecified atom stereocenters. The zero-order valence-corrected chi connectivity index (χ0v) is 9.99. The molecule has 1 atom stereocenters. The van der Waals surface area contributed by atoms with Crippen molar-refractivity contribution in [2.45, 2.75) is 25.3 Å². The molecule has 16 heavy (non-hydrogen) atoms. The van der Waals surface area contributed by atoms with Crippen molar-refractivity contribution >= 4 is 11.3 Å². The Morgan fingerprint density at radius 1 is 1.25 bits per heavy atom. The predicted octanol–water partition coefficient (Wildman–Crippen LogP) is 3.17. The van der Waals surface area contributed by atoms with Crippen LogP contribution in [0.15, 0.2) is 41.9 Å². The van der Waals surface area contributed by atoms with Crippen LogP contribution in [0.3, 0.4) is 0 Å². The molecule has 2 nitrogen and oxygen atoms in total. The number of hydrogen-bond acceptors (Lipinski definition) is 3. The molecule has 0 saturated heterocycles. The van der Waals surface area contributed by atoms with E-state index in [1.807, 2.05) is 29.8 Å². The molecule has 2 N–H and O–H groups in total. The van der Waals surface area contributed by atoms with Gasteiger partial charge in [0, 0.05) is 17.6 Å². The lowest BCUT2D eigenvalue weighted by atomic mass is 10.0. The highest BCUT2D eigenvalue weighted by atomic mass is 32.1. The summed E-state index contributed by atoms with van der Waals surface area (Å²) < 4.78 is 0. The first-order chi connectivity index (χ1) is 7.86. The molecule has 0 aliphatic rings. The Balaban J connectivity index is 1.78. The van der Waals surface area contributed by atoms with Crippen LogP contribution in [0.25, 0.3) is 0 Å². The highest BCUT2D eigenvalue weighted by Gasteiger charge is 2.05. The topological polar surface area (TPSA) is 38.9 Å². The van der Waals surface area contributed by atoms with Crippen molar-refractivity contribution in [2.24, 2.45) is 5.73 Å². The summed E-state index contributed by atoms with van der Waals surface area (Å²) in [6.07, 6.45) is 5.02. The second-order valence-corrected chi connectivity index (χ2v) is 4.81. The van der Waals surface area contributed by atoms with Crippen LogP contribution in [0.2, 0.25) is 0 Å². The van der Waals surface area contributed by atoms with Gasteiger partial charge in [-0.2, -0.15) is 0 Å². The summed E-state index contributed by atoms with van der Waals surface area (Å²) in [4.78, 5) is 4.26. The molecule has 2 aromatic rings. The van der Waals surface area contributed by atoms with Gasteiger partial charge in [-0.15, -0.1) is 11.3 Å². The third kappa shape index (κ3) is 3.15. The molecule has 0 saturated carbocycles. The number of nitrogens with zero attached hydrogens (tertiary/aromatic N) is 1. The molecule has 0 radical (unpaired) electrons. The summed E-state index contributed by atoms with van der Waals surface area (Å²) in [6.45, 7) is 0. The SMILES string of the molecule is NC(CCCc1nccs1)c1ccccc1. The molecule has 1 aromatic heterocycles. The van der Waals surface area contributed by atoms with Crippen LogP contribution >= 0.6 is 11.3 Å². The fraction of sp³-hybridized carbons (Fsp3) is 0.308. The summed E-state index contributed by atoms with van der Waals surface area (Å²) in [5.41, 5.74) is 7.34. The van der Waals surface area contributed by atoms with Gasteiger partial charge in [-0.3, -0.25) is 0 Å². The van der Waals surface area contributed by atoms with E-state index in [2.05, 4.69) is 17.1 Å². The third-order valence-electron chi connectivity index (χ3n) is 2.62. The van der Waals surface area contributed by atoms with E-state index < -0.39 is 0 Å². The minimum absolute atomic E-state index is 0.154. The van der Waals surface area contributed by atoms with Gasteiger partial charge in [-0.25, -0.2) is 4.98 Å². The van der Waals surface area contributed by atoms with Gasteiger partial charge < -0.3 is 5.73 Å². The zero-order valence-electron chi connectivity index (χ0n) is 9.17. The van der Waals surface area contributed by atoms with E-state index in [1.165, 1.54) is 10.6 Å². The number of aryl methyl sites for hydroxylation is 1. The summed E-state index contributed by atoms with van der Waals surface area (Å²) in [7, 11) is 0. The molecule has 0 fully saturated rings. The van der Waals surface area contributed by atoms with E-state index >= 15 is 0 Å². The standard InChI is InChI=1S/C13H16N2S/c14-12(11-5-2-1-3-6-11)7-4-8-13-15-9-10-16-13/h1-3,5-6,9-10,12H,4,7-8,14H2. The van der Waals surface area contributed by atoms with Gasteiger partial charge in [0.2, 0.25) is 0 Å². The lowest BCUT2D eigenvalue weighted by Crippen LogP contribution is -2.10. The van der Waals surface area contributed by atoms with E-state index in [9.17, 15) is 0 Å². The molecule has 0 bridgehead atoms. The summed E-state index contributed by atoms with van der Waals surface area (Å²) in [5.74, 6) is 0. The van der Waals surface area contributed by atoms with Crippen LogP contribution in [0.4, 0.5) is 0 Å². The smallest absolute Gasteiger partial charge is 0.0924 e. The van der Waals surface area contributed by atoms with Crippen molar-refractivity contribution in [1.29, 1.82) is 0 Å². The fourth-order valence-corrected chi connectivity index (χ4v) is 2.38. The number of thiazole rings is 1. The molecule has 0 aliphatic carbocycles. The third-order valence-corrected chi connectivity index (χ3v) is 3.46. The van der Waals surface area contributed by atoms with Gasteiger partial charge in [0.1, 0.15) is 0 Å². The zero-order chi connectivity index (χ0) is 11.2. The van der Waals surface area contributed by atoms with Gasteiger partial charge in [0.25, 0.3) is 0 Å². The van der Waals surface area contributed by atoms with Crippen LogP contribution in [0, 0.1) is 0 Å². The number of rotatable bonds is 5. The number of nitrogens with two attached hydrogens (primary N) is 1. The van der Waals surface area contributed by atoms with Crippen molar-refractivity contribution in [3.63, 3.8) is 0 Å². The molecule has 2 rings (SSSR count). The molecule has 0 aliphatic heterocycles. The first kappa shape index (κ1) is 11.3. The molecule has 0 amide bonds. The molecule has 0 spiro atoms. The summed E-state index contributed by atoms with van der Waals surface area (Å²) in [6, 6.07) is 10.4. The van der Waals surface area contributed by atoms with E-state index in [1.54, 1.807) is 11.3 Å². The minimum Gasteiger partial charge on any atom is -0.324 e. The molecule has 84 valence electrons. The Hall–Kier alpha value is -1.19. The Kier molecular flexibility index (Phi) is 4.08. The molecule has 3 heteroatoms. The average molecular weight is 232 g/mol. The van der Waals surface area contributed by atoms with Crippen LogP contribution in [-0.4, -0.2) is 4.98 Å². The molecular formula is C13H16N2S. The molecule has 1 heterocycles. The maximum atomic E-state index is 6.12. The molecule has 1 aromatic carbocycles. The van der Waals surface area contributed by atoms with Crippen molar-refractivity contribution in [3.05, 3.63) is 52.5 Å². The minimum atomic E-state index is 0.154. The first-order valence-electron chi connectivity index (χ1n) is 5.55. The second kappa shape index (κ2) is 5.77. The maximum absolute atomic E-state index is 6.12. The van der Waals surface area contributed by atoms with E-state index in [-0.39, 0.29) is 6.04 Å². The molecular weight excluding hydrogens is 216 g/mol.